The van der Waals surface area contributed by atoms with Crippen LogP contribution in [0.15, 0.2) is 18.2 Å². The summed E-state index contributed by atoms with van der Waals surface area (Å²) in [7, 11) is 0. The van der Waals surface area contributed by atoms with Gasteiger partial charge in [-0.25, -0.2) is 4.79 Å². The number of hydrogen-bond donors (Lipinski definition) is 1. The Labute approximate surface area is 161 Å². The van der Waals surface area contributed by atoms with Gasteiger partial charge in [0.1, 0.15) is 0 Å². The first-order valence-electron chi connectivity index (χ1n) is 9.41. The molecule has 6 nitrogen and oxygen atoms in total. The molecule has 1 aliphatic carbocycles. The van der Waals surface area contributed by atoms with Crippen molar-refractivity contribution in [2.45, 2.75) is 57.4 Å². The number of aromatic nitrogens is 1. The van der Waals surface area contributed by atoms with Gasteiger partial charge in [-0.05, 0) is 44.2 Å². The van der Waals surface area contributed by atoms with E-state index < -0.39 is 12.1 Å². The molecule has 0 spiro atoms. The highest BCUT2D eigenvalue weighted by Crippen LogP contribution is 2.37. The van der Waals surface area contributed by atoms with Gasteiger partial charge in [0.25, 0.3) is 0 Å². The molecule has 1 N–H and O–H groups in total. The summed E-state index contributed by atoms with van der Waals surface area (Å²) in [5.41, 5.74) is 2.20. The van der Waals surface area contributed by atoms with Crippen LogP contribution in [-0.2, 0) is 16.1 Å². The fourth-order valence-corrected chi connectivity index (χ4v) is 3.92. The van der Waals surface area contributed by atoms with Crippen LogP contribution in [0.4, 0.5) is 13.2 Å². The first kappa shape index (κ1) is 20.6. The zero-order valence-corrected chi connectivity index (χ0v) is 15.7. The van der Waals surface area contributed by atoms with Crippen molar-refractivity contribution < 1.29 is 27.9 Å². The minimum atomic E-state index is -5.08. The standard InChI is InChI=1S/C17H23N3O.C2HF3O2/c1-12-3-2-4-14(18-12)11-19-8-7-15-16(19)9-17(21)20(15)10-13-5-6-13;3-2(4,5)1(6)7/h2-4,13,15-16H,5-11H2,1H3;(H,6,7)/t15-,16-;/m0./s1. The molecule has 2 atom stereocenters. The summed E-state index contributed by atoms with van der Waals surface area (Å²) >= 11 is 0. The van der Waals surface area contributed by atoms with Gasteiger partial charge in [-0.15, -0.1) is 0 Å². The SMILES string of the molecule is Cc1cccc(CN2CC[C@H]3[C@@H]2CC(=O)N3CC2CC2)n1.O=C(O)C(F)(F)F. The maximum atomic E-state index is 12.3. The zero-order chi connectivity index (χ0) is 20.5. The van der Waals surface area contributed by atoms with Crippen molar-refractivity contribution in [2.24, 2.45) is 5.92 Å². The van der Waals surface area contributed by atoms with E-state index in [-0.39, 0.29) is 0 Å². The number of carbonyl (C=O) groups excluding carboxylic acids is 1. The van der Waals surface area contributed by atoms with Crippen LogP contribution in [-0.4, -0.2) is 63.1 Å². The van der Waals surface area contributed by atoms with Crippen LogP contribution in [0.25, 0.3) is 0 Å². The van der Waals surface area contributed by atoms with Gasteiger partial charge in [0.05, 0.1) is 5.69 Å². The van der Waals surface area contributed by atoms with E-state index in [0.717, 1.165) is 43.4 Å². The maximum absolute atomic E-state index is 12.3. The number of hydrogen-bond acceptors (Lipinski definition) is 4. The van der Waals surface area contributed by atoms with Crippen LogP contribution in [0.1, 0.15) is 37.1 Å². The van der Waals surface area contributed by atoms with Crippen molar-refractivity contribution in [3.05, 3.63) is 29.6 Å². The normalized spacial score (nSPS) is 24.7. The van der Waals surface area contributed by atoms with Gasteiger partial charge in [-0.3, -0.25) is 14.7 Å². The Morgan fingerprint density at radius 3 is 2.50 bits per heavy atom. The molecular weight excluding hydrogens is 375 g/mol. The molecule has 0 radical (unpaired) electrons. The van der Waals surface area contributed by atoms with Crippen molar-refractivity contribution in [1.29, 1.82) is 0 Å². The molecule has 28 heavy (non-hydrogen) atoms. The molecule has 9 heteroatoms. The van der Waals surface area contributed by atoms with E-state index in [2.05, 4.69) is 26.9 Å². The number of nitrogens with zero attached hydrogens (tertiary/aromatic N) is 3. The molecule has 1 aromatic rings. The van der Waals surface area contributed by atoms with Crippen LogP contribution in [0.5, 0.6) is 0 Å². The summed E-state index contributed by atoms with van der Waals surface area (Å²) in [6, 6.07) is 7.08. The van der Waals surface area contributed by atoms with E-state index in [4.69, 9.17) is 9.90 Å². The number of carboxylic acid groups (broad SMARTS) is 1. The first-order chi connectivity index (χ1) is 13.1. The summed E-state index contributed by atoms with van der Waals surface area (Å²) in [5, 5.41) is 7.12. The third-order valence-corrected chi connectivity index (χ3v) is 5.44. The monoisotopic (exact) mass is 399 g/mol. The number of halogens is 3. The molecular formula is C19H24F3N3O3. The predicted octanol–water partition coefficient (Wildman–Crippen LogP) is 2.61. The lowest BCUT2D eigenvalue weighted by Crippen LogP contribution is -2.38. The summed E-state index contributed by atoms with van der Waals surface area (Å²) in [4.78, 5) is 30.4. The maximum Gasteiger partial charge on any atom is 0.490 e. The Morgan fingerprint density at radius 2 is 1.93 bits per heavy atom. The van der Waals surface area contributed by atoms with Crippen molar-refractivity contribution >= 4 is 11.9 Å². The predicted molar refractivity (Wildman–Crippen MR) is 94.3 cm³/mol. The smallest absolute Gasteiger partial charge is 0.475 e. The second-order valence-electron chi connectivity index (χ2n) is 7.66. The Morgan fingerprint density at radius 1 is 1.25 bits per heavy atom. The van der Waals surface area contributed by atoms with Crippen LogP contribution < -0.4 is 0 Å². The van der Waals surface area contributed by atoms with Gasteiger partial charge < -0.3 is 10.0 Å². The van der Waals surface area contributed by atoms with Crippen LogP contribution in [0, 0.1) is 12.8 Å². The third kappa shape index (κ3) is 5.01. The molecule has 3 heterocycles. The van der Waals surface area contributed by atoms with Crippen LogP contribution >= 0.6 is 0 Å². The van der Waals surface area contributed by atoms with Crippen molar-refractivity contribution in [3.63, 3.8) is 0 Å². The minimum absolute atomic E-state index is 0.374. The number of aryl methyl sites for hydroxylation is 1. The van der Waals surface area contributed by atoms with Gasteiger partial charge in [-0.2, -0.15) is 13.2 Å². The lowest BCUT2D eigenvalue weighted by molar-refractivity contribution is -0.192. The summed E-state index contributed by atoms with van der Waals surface area (Å²) in [6.45, 7) is 5.02. The van der Waals surface area contributed by atoms with Gasteiger partial charge >= 0.3 is 12.1 Å². The van der Waals surface area contributed by atoms with E-state index in [1.54, 1.807) is 0 Å². The number of aliphatic carboxylic acids is 1. The summed E-state index contributed by atoms with van der Waals surface area (Å²) in [6.07, 6.45) is -0.603. The molecule has 4 rings (SSSR count). The fraction of sp³-hybridized carbons (Fsp3) is 0.632. The summed E-state index contributed by atoms with van der Waals surface area (Å²) < 4.78 is 31.7. The van der Waals surface area contributed by atoms with Gasteiger partial charge in [-0.1, -0.05) is 6.07 Å². The number of carbonyl (C=O) groups is 2. The quantitative estimate of drug-likeness (QED) is 0.843. The zero-order valence-electron chi connectivity index (χ0n) is 15.7. The Bertz CT molecular complexity index is 737. The van der Waals surface area contributed by atoms with Gasteiger partial charge in [0.15, 0.2) is 0 Å². The average Bonchev–Trinajstić information content (AvgIpc) is 3.27. The first-order valence-corrected chi connectivity index (χ1v) is 9.41. The number of alkyl halides is 3. The minimum Gasteiger partial charge on any atom is -0.475 e. The van der Waals surface area contributed by atoms with Crippen LogP contribution in [0.2, 0.25) is 0 Å². The molecule has 1 saturated carbocycles. The van der Waals surface area contributed by atoms with E-state index in [1.807, 2.05) is 13.0 Å². The van der Waals surface area contributed by atoms with Crippen molar-refractivity contribution in [1.82, 2.24) is 14.8 Å². The highest BCUT2D eigenvalue weighted by Gasteiger charge is 2.47. The molecule has 1 amide bonds. The molecule has 0 unspecified atom stereocenters. The lowest BCUT2D eigenvalue weighted by atomic mass is 10.1. The number of pyridine rings is 1. The molecule has 3 aliphatic rings. The fourth-order valence-electron chi connectivity index (χ4n) is 3.92. The molecule has 2 aliphatic heterocycles. The average molecular weight is 399 g/mol. The summed E-state index contributed by atoms with van der Waals surface area (Å²) in [5.74, 6) is -1.59. The highest BCUT2D eigenvalue weighted by molar-refractivity contribution is 5.80. The number of amides is 1. The Hall–Kier alpha value is -2.16. The number of rotatable bonds is 4. The molecule has 3 fully saturated rings. The highest BCUT2D eigenvalue weighted by atomic mass is 19.4. The van der Waals surface area contributed by atoms with E-state index in [9.17, 15) is 18.0 Å². The lowest BCUT2D eigenvalue weighted by Gasteiger charge is -2.25. The largest absolute Gasteiger partial charge is 0.490 e. The number of fused-ring (bicyclic) bond motifs is 1. The van der Waals surface area contributed by atoms with E-state index in [1.165, 1.54) is 12.8 Å². The van der Waals surface area contributed by atoms with Crippen molar-refractivity contribution in [3.8, 4) is 0 Å². The van der Waals surface area contributed by atoms with E-state index >= 15 is 0 Å². The Kier molecular flexibility index (Phi) is 5.92. The van der Waals surface area contributed by atoms with Crippen molar-refractivity contribution in [2.75, 3.05) is 13.1 Å². The molecule has 1 aromatic heterocycles. The van der Waals surface area contributed by atoms with Crippen LogP contribution in [0.3, 0.4) is 0 Å². The molecule has 0 bridgehead atoms. The van der Waals surface area contributed by atoms with Gasteiger partial charge in [0, 0.05) is 43.8 Å². The molecule has 2 saturated heterocycles. The Balaban J connectivity index is 0.000000279. The van der Waals surface area contributed by atoms with E-state index in [0.29, 0.717) is 24.4 Å². The molecule has 0 aromatic carbocycles. The molecule has 154 valence electrons. The third-order valence-electron chi connectivity index (χ3n) is 5.44. The number of likely N-dealkylation sites (tertiary alicyclic amines) is 2. The second kappa shape index (κ2) is 8.06. The van der Waals surface area contributed by atoms with Gasteiger partial charge in [0.2, 0.25) is 5.91 Å². The number of carboxylic acids is 1. The topological polar surface area (TPSA) is 73.7 Å². The second-order valence-corrected chi connectivity index (χ2v) is 7.66.